The zero-order chi connectivity index (χ0) is 16.7. The highest BCUT2D eigenvalue weighted by atomic mass is 16.3. The number of carbonyl (C=O) groups is 1. The summed E-state index contributed by atoms with van der Waals surface area (Å²) < 4.78 is 0. The lowest BCUT2D eigenvalue weighted by molar-refractivity contribution is -0.129. The van der Waals surface area contributed by atoms with Crippen molar-refractivity contribution in [2.75, 3.05) is 13.2 Å². The number of nitrogens with one attached hydrogen (secondary N) is 1. The third-order valence-electron chi connectivity index (χ3n) is 4.94. The minimum Gasteiger partial charge on any atom is -0.396 e. The Balaban J connectivity index is 1.93. The Morgan fingerprint density at radius 1 is 1.35 bits per heavy atom. The quantitative estimate of drug-likeness (QED) is 0.848. The van der Waals surface area contributed by atoms with E-state index in [1.165, 1.54) is 11.1 Å². The van der Waals surface area contributed by atoms with Crippen molar-refractivity contribution >= 4 is 5.91 Å². The van der Waals surface area contributed by atoms with E-state index in [1.807, 2.05) is 12.1 Å². The van der Waals surface area contributed by atoms with Gasteiger partial charge in [-0.1, -0.05) is 43.5 Å². The standard InChI is InChI=1S/C19H26N2O2/c1-15-7-3-4-8-17(15)11-16(13-22)12-21-18(23)19(14-20)9-5-2-6-10-19/h3-4,7-8,16,22H,2,5-6,9-13H2,1H3,(H,21,23). The molecule has 0 spiro atoms. The molecule has 1 aromatic carbocycles. The molecule has 2 rings (SSSR count). The van der Waals surface area contributed by atoms with E-state index >= 15 is 0 Å². The molecule has 1 unspecified atom stereocenters. The molecule has 0 bridgehead atoms. The molecule has 1 aliphatic rings. The molecule has 1 fully saturated rings. The molecular formula is C19H26N2O2. The van der Waals surface area contributed by atoms with Gasteiger partial charge in [0.05, 0.1) is 6.07 Å². The first-order chi connectivity index (χ1) is 11.1. The number of amides is 1. The fraction of sp³-hybridized carbons (Fsp3) is 0.579. The van der Waals surface area contributed by atoms with Crippen LogP contribution in [0.5, 0.6) is 0 Å². The van der Waals surface area contributed by atoms with Gasteiger partial charge in [0.15, 0.2) is 0 Å². The van der Waals surface area contributed by atoms with Gasteiger partial charge >= 0.3 is 0 Å². The lowest BCUT2D eigenvalue weighted by atomic mass is 9.74. The van der Waals surface area contributed by atoms with Crippen molar-refractivity contribution in [1.82, 2.24) is 5.32 Å². The van der Waals surface area contributed by atoms with Crippen molar-refractivity contribution in [3.8, 4) is 6.07 Å². The summed E-state index contributed by atoms with van der Waals surface area (Å²) in [4.78, 5) is 12.5. The number of nitriles is 1. The van der Waals surface area contributed by atoms with Gasteiger partial charge in [0.1, 0.15) is 5.41 Å². The molecule has 4 nitrogen and oxygen atoms in total. The minimum absolute atomic E-state index is 0.0220. The van der Waals surface area contributed by atoms with E-state index < -0.39 is 5.41 Å². The van der Waals surface area contributed by atoms with Gasteiger partial charge < -0.3 is 10.4 Å². The number of hydrogen-bond donors (Lipinski definition) is 2. The van der Waals surface area contributed by atoms with Crippen LogP contribution in [-0.2, 0) is 11.2 Å². The van der Waals surface area contributed by atoms with Crippen LogP contribution in [-0.4, -0.2) is 24.2 Å². The number of benzene rings is 1. The highest BCUT2D eigenvalue weighted by Crippen LogP contribution is 2.35. The Hall–Kier alpha value is -1.86. The lowest BCUT2D eigenvalue weighted by Gasteiger charge is -2.29. The second kappa shape index (κ2) is 8.12. The predicted octanol–water partition coefficient (Wildman–Crippen LogP) is 2.74. The molecule has 1 aromatic rings. The monoisotopic (exact) mass is 314 g/mol. The molecule has 1 saturated carbocycles. The van der Waals surface area contributed by atoms with Gasteiger partial charge in [0, 0.05) is 19.1 Å². The van der Waals surface area contributed by atoms with Crippen LogP contribution < -0.4 is 5.32 Å². The molecule has 0 saturated heterocycles. The average molecular weight is 314 g/mol. The van der Waals surface area contributed by atoms with E-state index in [2.05, 4.69) is 30.4 Å². The molecule has 0 heterocycles. The highest BCUT2D eigenvalue weighted by molar-refractivity contribution is 5.85. The van der Waals surface area contributed by atoms with Crippen molar-refractivity contribution in [2.45, 2.75) is 45.4 Å². The van der Waals surface area contributed by atoms with Crippen molar-refractivity contribution in [2.24, 2.45) is 11.3 Å². The molecule has 124 valence electrons. The number of aliphatic hydroxyl groups excluding tert-OH is 1. The Kier molecular flexibility index (Phi) is 6.18. The summed E-state index contributed by atoms with van der Waals surface area (Å²) in [5.74, 6) is -0.192. The first-order valence-electron chi connectivity index (χ1n) is 8.46. The van der Waals surface area contributed by atoms with Gasteiger partial charge in [-0.2, -0.15) is 5.26 Å². The minimum atomic E-state index is -0.860. The van der Waals surface area contributed by atoms with E-state index in [4.69, 9.17) is 0 Å². The van der Waals surface area contributed by atoms with Gasteiger partial charge in [0.2, 0.25) is 5.91 Å². The summed E-state index contributed by atoms with van der Waals surface area (Å²) in [7, 11) is 0. The van der Waals surface area contributed by atoms with Crippen LogP contribution in [0.2, 0.25) is 0 Å². The molecule has 0 radical (unpaired) electrons. The van der Waals surface area contributed by atoms with Crippen LogP contribution in [0.4, 0.5) is 0 Å². The molecule has 1 amide bonds. The fourth-order valence-corrected chi connectivity index (χ4v) is 3.30. The Bertz CT molecular complexity index is 571. The first kappa shape index (κ1) is 17.5. The zero-order valence-corrected chi connectivity index (χ0v) is 13.8. The number of aliphatic hydroxyl groups is 1. The van der Waals surface area contributed by atoms with Crippen LogP contribution >= 0.6 is 0 Å². The number of nitrogens with zero attached hydrogens (tertiary/aromatic N) is 1. The maximum atomic E-state index is 12.5. The third-order valence-corrected chi connectivity index (χ3v) is 4.94. The number of rotatable bonds is 6. The highest BCUT2D eigenvalue weighted by Gasteiger charge is 2.39. The van der Waals surface area contributed by atoms with Crippen LogP contribution in [0.3, 0.4) is 0 Å². The molecular weight excluding hydrogens is 288 g/mol. The maximum absolute atomic E-state index is 12.5. The Labute approximate surface area is 138 Å². The maximum Gasteiger partial charge on any atom is 0.240 e. The summed E-state index contributed by atoms with van der Waals surface area (Å²) in [5.41, 5.74) is 1.52. The number of carbonyl (C=O) groups excluding carboxylic acids is 1. The molecule has 0 aliphatic heterocycles. The summed E-state index contributed by atoms with van der Waals surface area (Å²) in [5, 5.41) is 22.0. The van der Waals surface area contributed by atoms with Crippen LogP contribution in [0, 0.1) is 29.6 Å². The molecule has 2 N–H and O–H groups in total. The largest absolute Gasteiger partial charge is 0.396 e. The van der Waals surface area contributed by atoms with Crippen LogP contribution in [0.1, 0.15) is 43.2 Å². The molecule has 0 aromatic heterocycles. The first-order valence-corrected chi connectivity index (χ1v) is 8.46. The molecule has 1 atom stereocenters. The second-order valence-corrected chi connectivity index (χ2v) is 6.64. The topological polar surface area (TPSA) is 73.1 Å². The van der Waals surface area contributed by atoms with Crippen molar-refractivity contribution < 1.29 is 9.90 Å². The third kappa shape index (κ3) is 4.33. The van der Waals surface area contributed by atoms with Gasteiger partial charge in [-0.3, -0.25) is 4.79 Å². The predicted molar refractivity (Wildman–Crippen MR) is 89.6 cm³/mol. The summed E-state index contributed by atoms with van der Waals surface area (Å²) >= 11 is 0. The Morgan fingerprint density at radius 2 is 2.04 bits per heavy atom. The van der Waals surface area contributed by atoms with E-state index in [0.717, 1.165) is 25.7 Å². The van der Waals surface area contributed by atoms with E-state index in [-0.39, 0.29) is 18.4 Å². The van der Waals surface area contributed by atoms with Crippen molar-refractivity contribution in [3.63, 3.8) is 0 Å². The molecule has 4 heteroatoms. The van der Waals surface area contributed by atoms with Crippen molar-refractivity contribution in [1.29, 1.82) is 5.26 Å². The summed E-state index contributed by atoms with van der Waals surface area (Å²) in [6, 6.07) is 10.3. The SMILES string of the molecule is Cc1ccccc1CC(CO)CNC(=O)C1(C#N)CCCCC1. The second-order valence-electron chi connectivity index (χ2n) is 6.64. The fourth-order valence-electron chi connectivity index (χ4n) is 3.30. The van der Waals surface area contributed by atoms with Gasteiger partial charge in [-0.05, 0) is 37.3 Å². The summed E-state index contributed by atoms with van der Waals surface area (Å²) in [6.07, 6.45) is 5.00. The summed E-state index contributed by atoms with van der Waals surface area (Å²) in [6.45, 7) is 2.48. The Morgan fingerprint density at radius 3 is 2.65 bits per heavy atom. The van der Waals surface area contributed by atoms with E-state index in [1.54, 1.807) is 0 Å². The van der Waals surface area contributed by atoms with Crippen molar-refractivity contribution in [3.05, 3.63) is 35.4 Å². The molecule has 23 heavy (non-hydrogen) atoms. The number of hydrogen-bond acceptors (Lipinski definition) is 3. The van der Waals surface area contributed by atoms with Crippen LogP contribution in [0.15, 0.2) is 24.3 Å². The normalized spacial score (nSPS) is 18.0. The number of aryl methyl sites for hydroxylation is 1. The van der Waals surface area contributed by atoms with Gasteiger partial charge in [-0.15, -0.1) is 0 Å². The average Bonchev–Trinajstić information content (AvgIpc) is 2.60. The molecule has 1 aliphatic carbocycles. The smallest absolute Gasteiger partial charge is 0.240 e. The van der Waals surface area contributed by atoms with E-state index in [9.17, 15) is 15.2 Å². The van der Waals surface area contributed by atoms with Gasteiger partial charge in [-0.25, -0.2) is 0 Å². The van der Waals surface area contributed by atoms with Gasteiger partial charge in [0.25, 0.3) is 0 Å². The zero-order valence-electron chi connectivity index (χ0n) is 13.8. The lowest BCUT2D eigenvalue weighted by Crippen LogP contribution is -2.43. The van der Waals surface area contributed by atoms with E-state index in [0.29, 0.717) is 19.4 Å². The van der Waals surface area contributed by atoms with Crippen LogP contribution in [0.25, 0.3) is 0 Å².